The Morgan fingerprint density at radius 3 is 2.22 bits per heavy atom. The number of fused-ring (bicyclic) bond motifs is 4. The average Bonchev–Trinajstić information content (AvgIpc) is 3.65. The lowest BCUT2D eigenvalue weighted by atomic mass is 9.77. The van der Waals surface area contributed by atoms with Crippen molar-refractivity contribution in [3.63, 3.8) is 0 Å². The molecule has 0 bridgehead atoms. The largest absolute Gasteiger partial charge is 0.294 e. The van der Waals surface area contributed by atoms with Gasteiger partial charge in [0.25, 0.3) is 0 Å². The summed E-state index contributed by atoms with van der Waals surface area (Å²) < 4.78 is 30.0. The number of para-hydroxylation sites is 3. The Hall–Kier alpha value is -5.48. The number of rotatable bonds is 5. The van der Waals surface area contributed by atoms with E-state index < -0.39 is 6.98 Å². The van der Waals surface area contributed by atoms with Crippen LogP contribution < -0.4 is 4.57 Å². The lowest BCUT2D eigenvalue weighted by molar-refractivity contribution is -0.645. The highest BCUT2D eigenvalue weighted by Gasteiger charge is 2.26. The molecule has 0 spiro atoms. The summed E-state index contributed by atoms with van der Waals surface area (Å²) in [5.41, 5.74) is 11.4. The predicted octanol–water partition coefficient (Wildman–Crippen LogP) is 9.56. The molecule has 0 saturated carbocycles. The summed E-state index contributed by atoms with van der Waals surface area (Å²) in [4.78, 5) is 4.92. The summed E-state index contributed by atoms with van der Waals surface area (Å²) in [5, 5.41) is 2.36. The van der Waals surface area contributed by atoms with Crippen molar-refractivity contribution in [1.82, 2.24) is 14.1 Å². The maximum absolute atomic E-state index is 8.12. The third-order valence-corrected chi connectivity index (χ3v) is 9.62. The van der Waals surface area contributed by atoms with Gasteiger partial charge in [-0.25, -0.2) is 9.55 Å². The molecule has 0 aliphatic carbocycles. The smallest absolute Gasteiger partial charge is 0.249 e. The normalized spacial score (nSPS) is 13.3. The van der Waals surface area contributed by atoms with E-state index in [4.69, 9.17) is 9.10 Å². The molecule has 3 heterocycles. The second-order valence-electron chi connectivity index (χ2n) is 12.8. The maximum atomic E-state index is 8.12. The Labute approximate surface area is 274 Å². The lowest BCUT2D eigenvalue weighted by Crippen LogP contribution is -2.25. The van der Waals surface area contributed by atoms with Crippen LogP contribution in [0.4, 0.5) is 0 Å². The summed E-state index contributed by atoms with van der Waals surface area (Å²) in [6.07, 6.45) is 3.60. The summed E-state index contributed by atoms with van der Waals surface area (Å²) >= 11 is 0. The van der Waals surface area contributed by atoms with E-state index in [0.29, 0.717) is 5.52 Å². The molecule has 0 aliphatic rings. The highest BCUT2D eigenvalue weighted by Crippen LogP contribution is 2.39. The van der Waals surface area contributed by atoms with Crippen LogP contribution in [-0.2, 0) is 12.4 Å². The summed E-state index contributed by atoms with van der Waals surface area (Å²) in [7, 11) is 0. The van der Waals surface area contributed by atoms with Crippen LogP contribution in [0.1, 0.15) is 40.2 Å². The van der Waals surface area contributed by atoms with Crippen LogP contribution in [0.25, 0.3) is 55.5 Å². The van der Waals surface area contributed by atoms with Crippen LogP contribution in [0.3, 0.4) is 0 Å². The molecule has 8 rings (SSSR count). The Balaban J connectivity index is 1.28. The first-order chi connectivity index (χ1) is 23.5. The molecular formula is C42H37N4+. The first-order valence-electron chi connectivity index (χ1n) is 17.2. The Bertz CT molecular complexity index is 2530. The van der Waals surface area contributed by atoms with Gasteiger partial charge in [0.05, 0.1) is 22.1 Å². The molecule has 0 unspecified atom stereocenters. The van der Waals surface area contributed by atoms with E-state index in [-0.39, 0.29) is 5.41 Å². The summed E-state index contributed by atoms with van der Waals surface area (Å²) in [5.74, 6) is 0.880. The van der Waals surface area contributed by atoms with Crippen molar-refractivity contribution < 1.29 is 8.68 Å². The minimum absolute atomic E-state index is 0.373. The van der Waals surface area contributed by atoms with Crippen LogP contribution in [0, 0.1) is 13.8 Å². The fraction of sp³-hybridized carbons (Fsp3) is 0.143. The van der Waals surface area contributed by atoms with E-state index in [9.17, 15) is 0 Å². The predicted molar refractivity (Wildman–Crippen MR) is 190 cm³/mol. The second-order valence-corrected chi connectivity index (χ2v) is 12.8. The maximum Gasteiger partial charge on any atom is 0.249 e. The molecule has 0 radical (unpaired) electrons. The van der Waals surface area contributed by atoms with Crippen molar-refractivity contribution in [2.45, 2.75) is 33.1 Å². The molecule has 0 N–H and O–H groups in total. The highest BCUT2D eigenvalue weighted by atomic mass is 15.1. The molecule has 0 fully saturated rings. The number of benzene rings is 5. The summed E-state index contributed by atoms with van der Waals surface area (Å²) in [6.45, 7) is 6.53. The monoisotopic (exact) mass is 600 g/mol. The van der Waals surface area contributed by atoms with Gasteiger partial charge in [0.1, 0.15) is 11.5 Å². The first kappa shape index (κ1) is 24.8. The molecule has 5 aromatic carbocycles. The van der Waals surface area contributed by atoms with Crippen molar-refractivity contribution in [3.8, 4) is 22.6 Å². The van der Waals surface area contributed by atoms with Crippen LogP contribution in [0.5, 0.6) is 0 Å². The minimum atomic E-state index is -2.29. The molecule has 3 aromatic heterocycles. The Morgan fingerprint density at radius 1 is 0.674 bits per heavy atom. The quantitative estimate of drug-likeness (QED) is 0.181. The Morgan fingerprint density at radius 2 is 1.39 bits per heavy atom. The lowest BCUT2D eigenvalue weighted by Gasteiger charge is -2.26. The van der Waals surface area contributed by atoms with Crippen molar-refractivity contribution in [3.05, 3.63) is 156 Å². The van der Waals surface area contributed by atoms with E-state index >= 15 is 0 Å². The van der Waals surface area contributed by atoms with E-state index in [1.807, 2.05) is 41.1 Å². The van der Waals surface area contributed by atoms with E-state index in [1.54, 1.807) is 6.33 Å². The molecule has 0 aliphatic heterocycles. The van der Waals surface area contributed by atoms with Gasteiger partial charge in [-0.2, -0.15) is 4.57 Å². The van der Waals surface area contributed by atoms with Gasteiger partial charge in [0.15, 0.2) is 11.0 Å². The molecule has 0 atom stereocenters. The van der Waals surface area contributed by atoms with E-state index in [1.165, 1.54) is 37.6 Å². The van der Waals surface area contributed by atoms with Gasteiger partial charge < -0.3 is 0 Å². The number of pyridine rings is 1. The van der Waals surface area contributed by atoms with Gasteiger partial charge in [-0.1, -0.05) is 86.6 Å². The SMILES string of the molecule is [2H]C([2H])([2H])[n+]1cn(-c2cccc(C(C)(C)c3ccc4c5ccccc5n(-c5cc(-c6c(C)cccc6C)ccn5)c4c3)c2)c2ccccc21. The van der Waals surface area contributed by atoms with Crippen molar-refractivity contribution in [1.29, 1.82) is 0 Å². The van der Waals surface area contributed by atoms with Gasteiger partial charge in [-0.05, 0) is 95.8 Å². The Kier molecular flexibility index (Phi) is 5.69. The van der Waals surface area contributed by atoms with Crippen molar-refractivity contribution in [2.75, 3.05) is 0 Å². The van der Waals surface area contributed by atoms with Crippen LogP contribution in [-0.4, -0.2) is 14.1 Å². The summed E-state index contributed by atoms with van der Waals surface area (Å²) in [6, 6.07) is 42.1. The number of aryl methyl sites for hydroxylation is 3. The van der Waals surface area contributed by atoms with E-state index in [2.05, 4.69) is 123 Å². The van der Waals surface area contributed by atoms with Gasteiger partial charge in [-0.15, -0.1) is 0 Å². The first-order valence-corrected chi connectivity index (χ1v) is 15.7. The van der Waals surface area contributed by atoms with Crippen molar-refractivity contribution in [2.24, 2.45) is 6.98 Å². The van der Waals surface area contributed by atoms with Crippen LogP contribution >= 0.6 is 0 Å². The number of hydrogen-bond donors (Lipinski definition) is 0. The molecule has 0 amide bonds. The molecule has 4 heteroatoms. The average molecular weight is 601 g/mol. The van der Waals surface area contributed by atoms with Crippen molar-refractivity contribution >= 4 is 32.8 Å². The van der Waals surface area contributed by atoms with Gasteiger partial charge in [-0.3, -0.25) is 4.57 Å². The zero-order chi connectivity index (χ0) is 34.1. The standard InChI is InChI=1S/C42H37N4/c1-28-12-10-13-29(2)41(28)30-22-23-43-40(24-30)46-36-17-7-6-16-34(36)35-21-20-32(26-39(35)46)42(3,4)31-14-11-15-33(25-31)45-27-44(5)37-18-8-9-19-38(37)45/h6-27H,1-5H3/q+1/i5D3. The fourth-order valence-corrected chi connectivity index (χ4v) is 7.10. The fourth-order valence-electron chi connectivity index (χ4n) is 7.10. The molecule has 0 saturated heterocycles. The third-order valence-electron chi connectivity index (χ3n) is 9.62. The molecule has 46 heavy (non-hydrogen) atoms. The minimum Gasteiger partial charge on any atom is -0.294 e. The van der Waals surface area contributed by atoms with Crippen LogP contribution in [0.2, 0.25) is 0 Å². The number of nitrogens with zero attached hydrogens (tertiary/aromatic N) is 4. The number of aromatic nitrogens is 4. The molecule has 4 nitrogen and oxygen atoms in total. The van der Waals surface area contributed by atoms with Gasteiger partial charge in [0, 0.05) is 22.4 Å². The highest BCUT2D eigenvalue weighted by molar-refractivity contribution is 6.09. The van der Waals surface area contributed by atoms with Crippen LogP contribution in [0.15, 0.2) is 134 Å². The number of imidazole rings is 1. The second kappa shape index (κ2) is 10.6. The van der Waals surface area contributed by atoms with Gasteiger partial charge in [0.2, 0.25) is 6.33 Å². The molecule has 8 aromatic rings. The topological polar surface area (TPSA) is 26.6 Å². The third kappa shape index (κ3) is 4.36. The molecule has 224 valence electrons. The zero-order valence-electron chi connectivity index (χ0n) is 29.5. The van der Waals surface area contributed by atoms with Gasteiger partial charge >= 0.3 is 0 Å². The van der Waals surface area contributed by atoms with E-state index in [0.717, 1.165) is 39.2 Å². The zero-order valence-corrected chi connectivity index (χ0v) is 26.5. The molecular weight excluding hydrogens is 560 g/mol. The number of hydrogen-bond acceptors (Lipinski definition) is 1.